The van der Waals surface area contributed by atoms with Gasteiger partial charge in [-0.15, -0.1) is 5.10 Å². The van der Waals surface area contributed by atoms with E-state index < -0.39 is 0 Å². The Morgan fingerprint density at radius 2 is 2.05 bits per heavy atom. The van der Waals surface area contributed by atoms with E-state index in [4.69, 9.17) is 18.0 Å². The third-order valence-electron chi connectivity index (χ3n) is 3.42. The lowest BCUT2D eigenvalue weighted by molar-refractivity contribution is 0.864. The van der Waals surface area contributed by atoms with Crippen molar-refractivity contribution in [2.45, 2.75) is 26.7 Å². The van der Waals surface area contributed by atoms with Crippen LogP contribution in [0.1, 0.15) is 30.7 Å². The van der Waals surface area contributed by atoms with Crippen LogP contribution in [-0.4, -0.2) is 27.2 Å². The first kappa shape index (κ1) is 15.3. The third-order valence-corrected chi connectivity index (χ3v) is 3.63. The first-order valence-electron chi connectivity index (χ1n) is 6.92. The second-order valence-corrected chi connectivity index (χ2v) is 5.11. The molecular formula is C15H19N5S. The number of nitrogens with zero attached hydrogens (tertiary/aromatic N) is 4. The van der Waals surface area contributed by atoms with Crippen LogP contribution in [0.3, 0.4) is 0 Å². The molecule has 2 aromatic rings. The van der Waals surface area contributed by atoms with Gasteiger partial charge in [0.25, 0.3) is 0 Å². The van der Waals surface area contributed by atoms with Crippen molar-refractivity contribution in [1.29, 1.82) is 0 Å². The van der Waals surface area contributed by atoms with Gasteiger partial charge in [-0.05, 0) is 30.5 Å². The number of anilines is 2. The summed E-state index contributed by atoms with van der Waals surface area (Å²) in [4.78, 5) is 6.39. The molecule has 0 aliphatic rings. The van der Waals surface area contributed by atoms with E-state index in [-0.39, 0.29) is 0 Å². The van der Waals surface area contributed by atoms with Gasteiger partial charge in [0.1, 0.15) is 4.99 Å². The van der Waals surface area contributed by atoms with E-state index >= 15 is 0 Å². The number of rotatable bonds is 5. The van der Waals surface area contributed by atoms with E-state index in [1.807, 2.05) is 24.1 Å². The maximum Gasteiger partial charge on any atom is 0.166 e. The van der Waals surface area contributed by atoms with Gasteiger partial charge in [-0.2, -0.15) is 5.10 Å². The Balaban J connectivity index is 2.61. The molecule has 2 rings (SSSR count). The van der Waals surface area contributed by atoms with E-state index in [1.165, 1.54) is 0 Å². The maximum absolute atomic E-state index is 5.95. The molecule has 0 aliphatic heterocycles. The number of pyridine rings is 1. The zero-order chi connectivity index (χ0) is 15.4. The number of aromatic nitrogens is 3. The summed E-state index contributed by atoms with van der Waals surface area (Å²) in [7, 11) is 1.91. The van der Waals surface area contributed by atoms with Gasteiger partial charge in [-0.1, -0.05) is 26.1 Å². The molecule has 0 atom stereocenters. The van der Waals surface area contributed by atoms with Crippen LogP contribution in [0, 0.1) is 0 Å². The first-order valence-corrected chi connectivity index (χ1v) is 7.32. The smallest absolute Gasteiger partial charge is 0.166 e. The van der Waals surface area contributed by atoms with Crippen molar-refractivity contribution in [3.63, 3.8) is 0 Å². The molecular weight excluding hydrogens is 282 g/mol. The summed E-state index contributed by atoms with van der Waals surface area (Å²) in [6.45, 7) is 4.13. The van der Waals surface area contributed by atoms with Gasteiger partial charge in [-0.3, -0.25) is 4.98 Å². The molecule has 2 aromatic heterocycles. The predicted molar refractivity (Wildman–Crippen MR) is 89.0 cm³/mol. The van der Waals surface area contributed by atoms with Crippen LogP contribution in [0.5, 0.6) is 0 Å². The highest BCUT2D eigenvalue weighted by Crippen LogP contribution is 2.27. The van der Waals surface area contributed by atoms with E-state index in [1.54, 1.807) is 12.4 Å². The largest absolute Gasteiger partial charge is 0.389 e. The lowest BCUT2D eigenvalue weighted by Crippen LogP contribution is -2.23. The summed E-state index contributed by atoms with van der Waals surface area (Å²) in [6.07, 6.45) is 5.13. The SMILES string of the molecule is CCc1nnc(N(C)c2cccnc2)c(C(N)=S)c1CC. The van der Waals surface area contributed by atoms with E-state index in [0.717, 1.165) is 35.3 Å². The minimum absolute atomic E-state index is 0.349. The molecule has 21 heavy (non-hydrogen) atoms. The summed E-state index contributed by atoms with van der Waals surface area (Å²) >= 11 is 5.25. The quantitative estimate of drug-likeness (QED) is 0.855. The molecule has 0 bridgehead atoms. The van der Waals surface area contributed by atoms with Gasteiger partial charge in [0.15, 0.2) is 5.82 Å². The van der Waals surface area contributed by atoms with Crippen LogP contribution >= 0.6 is 12.2 Å². The molecule has 5 nitrogen and oxygen atoms in total. The molecule has 0 unspecified atom stereocenters. The molecule has 0 fully saturated rings. The Hall–Kier alpha value is -2.08. The van der Waals surface area contributed by atoms with Crippen molar-refractivity contribution in [2.75, 3.05) is 11.9 Å². The molecule has 0 saturated heterocycles. The maximum atomic E-state index is 5.95. The van der Waals surface area contributed by atoms with E-state index in [0.29, 0.717) is 10.8 Å². The zero-order valence-electron chi connectivity index (χ0n) is 12.5. The summed E-state index contributed by atoms with van der Waals surface area (Å²) < 4.78 is 0. The lowest BCUT2D eigenvalue weighted by atomic mass is 10.0. The molecule has 2 heterocycles. The molecule has 0 aromatic carbocycles. The van der Waals surface area contributed by atoms with Crippen LogP contribution in [0.4, 0.5) is 11.5 Å². The fraction of sp³-hybridized carbons (Fsp3) is 0.333. The lowest BCUT2D eigenvalue weighted by Gasteiger charge is -2.22. The normalized spacial score (nSPS) is 10.4. The second kappa shape index (κ2) is 6.58. The third kappa shape index (κ3) is 3.00. The van der Waals surface area contributed by atoms with Gasteiger partial charge in [0.05, 0.1) is 23.1 Å². The van der Waals surface area contributed by atoms with Crippen molar-refractivity contribution < 1.29 is 0 Å². The average Bonchev–Trinajstić information content (AvgIpc) is 2.53. The number of hydrogen-bond donors (Lipinski definition) is 1. The number of nitrogens with two attached hydrogens (primary N) is 1. The minimum Gasteiger partial charge on any atom is -0.389 e. The van der Waals surface area contributed by atoms with Gasteiger partial charge >= 0.3 is 0 Å². The molecule has 0 amide bonds. The molecule has 0 saturated carbocycles. The molecule has 6 heteroatoms. The van der Waals surface area contributed by atoms with Gasteiger partial charge < -0.3 is 10.6 Å². The van der Waals surface area contributed by atoms with Crippen molar-refractivity contribution >= 4 is 28.7 Å². The molecule has 0 radical (unpaired) electrons. The topological polar surface area (TPSA) is 67.9 Å². The standard InChI is InChI=1S/C15H19N5S/c1-4-11-12(5-2)18-19-15(13(11)14(16)21)20(3)10-7-6-8-17-9-10/h6-9H,4-5H2,1-3H3,(H2,16,21). The number of thiocarbonyl (C=S) groups is 1. The Bertz CT molecular complexity index is 642. The van der Waals surface area contributed by atoms with Crippen molar-refractivity contribution in [1.82, 2.24) is 15.2 Å². The van der Waals surface area contributed by atoms with E-state index in [9.17, 15) is 0 Å². The zero-order valence-corrected chi connectivity index (χ0v) is 13.3. The monoisotopic (exact) mass is 301 g/mol. The Morgan fingerprint density at radius 1 is 1.29 bits per heavy atom. The van der Waals surface area contributed by atoms with Gasteiger partial charge in [0.2, 0.25) is 0 Å². The molecule has 0 spiro atoms. The molecule has 2 N–H and O–H groups in total. The van der Waals surface area contributed by atoms with Crippen LogP contribution in [0.15, 0.2) is 24.5 Å². The molecule has 0 aliphatic carbocycles. The highest BCUT2D eigenvalue weighted by atomic mass is 32.1. The average molecular weight is 301 g/mol. The number of aryl methyl sites for hydroxylation is 1. The van der Waals surface area contributed by atoms with Gasteiger partial charge in [0, 0.05) is 13.2 Å². The molecule has 110 valence electrons. The van der Waals surface area contributed by atoms with Crippen LogP contribution < -0.4 is 10.6 Å². The second-order valence-electron chi connectivity index (χ2n) is 4.67. The highest BCUT2D eigenvalue weighted by molar-refractivity contribution is 7.80. The van der Waals surface area contributed by atoms with Crippen molar-refractivity contribution in [3.8, 4) is 0 Å². The minimum atomic E-state index is 0.349. The van der Waals surface area contributed by atoms with Crippen molar-refractivity contribution in [3.05, 3.63) is 41.3 Å². The fourth-order valence-corrected chi connectivity index (χ4v) is 2.54. The summed E-state index contributed by atoms with van der Waals surface area (Å²) in [5, 5.41) is 8.67. The van der Waals surface area contributed by atoms with Gasteiger partial charge in [-0.25, -0.2) is 0 Å². The summed E-state index contributed by atoms with van der Waals surface area (Å²) in [6, 6.07) is 3.83. The highest BCUT2D eigenvalue weighted by Gasteiger charge is 2.20. The van der Waals surface area contributed by atoms with E-state index in [2.05, 4.69) is 29.0 Å². The Morgan fingerprint density at radius 3 is 2.57 bits per heavy atom. The first-order chi connectivity index (χ1) is 10.1. The predicted octanol–water partition coefficient (Wildman–Crippen LogP) is 2.40. The van der Waals surface area contributed by atoms with Crippen molar-refractivity contribution in [2.24, 2.45) is 5.73 Å². The Labute approximate surface area is 130 Å². The van der Waals surface area contributed by atoms with Crippen LogP contribution in [0.25, 0.3) is 0 Å². The number of hydrogen-bond acceptors (Lipinski definition) is 5. The van der Waals surface area contributed by atoms with Crippen LogP contribution in [0.2, 0.25) is 0 Å². The fourth-order valence-electron chi connectivity index (χ4n) is 2.33. The Kier molecular flexibility index (Phi) is 4.80. The summed E-state index contributed by atoms with van der Waals surface area (Å²) in [5.41, 5.74) is 9.70. The summed E-state index contributed by atoms with van der Waals surface area (Å²) in [5.74, 6) is 0.671. The van der Waals surface area contributed by atoms with Crippen LogP contribution in [-0.2, 0) is 12.8 Å².